The molecule has 1 heterocycles. The van der Waals surface area contributed by atoms with Gasteiger partial charge in [-0.2, -0.15) is 8.42 Å². The summed E-state index contributed by atoms with van der Waals surface area (Å²) in [7, 11) is -2.58. The Balaban J connectivity index is 2.34. The highest BCUT2D eigenvalue weighted by Gasteiger charge is 2.28. The van der Waals surface area contributed by atoms with Gasteiger partial charge in [0.05, 0.1) is 24.9 Å². The van der Waals surface area contributed by atoms with Crippen molar-refractivity contribution >= 4 is 21.9 Å². The molecule has 0 N–H and O–H groups in total. The zero-order valence-electron chi connectivity index (χ0n) is 12.0. The summed E-state index contributed by atoms with van der Waals surface area (Å²) in [6.07, 6.45) is 1.27. The number of rotatable bonds is 3. The largest absolute Gasteiger partial charge is 0.465 e. The van der Waals surface area contributed by atoms with Crippen molar-refractivity contribution in [1.29, 1.82) is 0 Å². The van der Waals surface area contributed by atoms with Gasteiger partial charge in [-0.15, -0.1) is 4.40 Å². The third-order valence-electron chi connectivity index (χ3n) is 3.08. The molecule has 0 saturated carbocycles. The van der Waals surface area contributed by atoms with E-state index in [9.17, 15) is 13.2 Å². The molecule has 21 heavy (non-hydrogen) atoms. The van der Waals surface area contributed by atoms with Crippen molar-refractivity contribution in [2.24, 2.45) is 4.40 Å². The van der Waals surface area contributed by atoms with Crippen LogP contribution in [0.3, 0.4) is 0 Å². The minimum Gasteiger partial charge on any atom is -0.465 e. The molecular weight excluding hydrogens is 292 g/mol. The first-order valence-electron chi connectivity index (χ1n) is 6.28. The molecule has 112 valence electrons. The average Bonchev–Trinajstić information content (AvgIpc) is 2.42. The number of hydrogen-bond acceptors (Lipinski definition) is 4. The molecule has 0 bridgehead atoms. The summed E-state index contributed by atoms with van der Waals surface area (Å²) in [6, 6.07) is 7.46. The highest BCUT2D eigenvalue weighted by Crippen LogP contribution is 2.20. The average molecular weight is 308 g/mol. The van der Waals surface area contributed by atoms with E-state index in [2.05, 4.69) is 9.13 Å². The standard InChI is InChI=1S/C14H16N2O4S/c1-10-4-6-12(7-5-10)8-16-9-13(14(17)20-3)11(2)15-21(16,18)19/h4-7,9H,8H2,1-3H3. The van der Waals surface area contributed by atoms with Crippen LogP contribution in [0.25, 0.3) is 0 Å². The molecule has 1 aromatic rings. The molecule has 2 rings (SSSR count). The molecule has 0 aromatic heterocycles. The second-order valence-corrected chi connectivity index (χ2v) is 6.27. The second kappa shape index (κ2) is 5.69. The molecule has 0 fully saturated rings. The van der Waals surface area contributed by atoms with Crippen LogP contribution in [0.1, 0.15) is 18.1 Å². The van der Waals surface area contributed by atoms with Crippen LogP contribution in [0.4, 0.5) is 0 Å². The summed E-state index contributed by atoms with van der Waals surface area (Å²) in [6.45, 7) is 3.52. The van der Waals surface area contributed by atoms with Gasteiger partial charge >= 0.3 is 16.2 Å². The van der Waals surface area contributed by atoms with Crippen LogP contribution in [0.15, 0.2) is 40.4 Å². The lowest BCUT2D eigenvalue weighted by atomic mass is 10.1. The normalized spacial score (nSPS) is 17.0. The fourth-order valence-corrected chi connectivity index (χ4v) is 2.99. The summed E-state index contributed by atoms with van der Waals surface area (Å²) in [5.41, 5.74) is 2.15. The zero-order valence-corrected chi connectivity index (χ0v) is 12.8. The van der Waals surface area contributed by atoms with Crippen LogP contribution >= 0.6 is 0 Å². The summed E-state index contributed by atoms with van der Waals surface area (Å²) in [5.74, 6) is -0.611. The van der Waals surface area contributed by atoms with Crippen molar-refractivity contribution in [3.63, 3.8) is 0 Å². The van der Waals surface area contributed by atoms with Gasteiger partial charge in [-0.1, -0.05) is 29.8 Å². The van der Waals surface area contributed by atoms with E-state index in [0.717, 1.165) is 15.4 Å². The molecule has 0 atom stereocenters. The van der Waals surface area contributed by atoms with Crippen LogP contribution in [-0.2, 0) is 26.3 Å². The number of carbonyl (C=O) groups excluding carboxylic acids is 1. The van der Waals surface area contributed by atoms with E-state index < -0.39 is 16.2 Å². The van der Waals surface area contributed by atoms with Gasteiger partial charge in [-0.25, -0.2) is 4.79 Å². The number of esters is 1. The van der Waals surface area contributed by atoms with Crippen molar-refractivity contribution in [2.45, 2.75) is 20.4 Å². The molecule has 0 saturated heterocycles. The Labute approximate surface area is 123 Å². The van der Waals surface area contributed by atoms with Crippen LogP contribution in [-0.4, -0.2) is 31.5 Å². The number of benzene rings is 1. The molecule has 0 unspecified atom stereocenters. The van der Waals surface area contributed by atoms with E-state index in [-0.39, 0.29) is 17.8 Å². The summed E-state index contributed by atoms with van der Waals surface area (Å²) >= 11 is 0. The van der Waals surface area contributed by atoms with E-state index >= 15 is 0 Å². The van der Waals surface area contributed by atoms with E-state index in [1.54, 1.807) is 0 Å². The van der Waals surface area contributed by atoms with Crippen LogP contribution in [0, 0.1) is 6.92 Å². The molecule has 6 nitrogen and oxygen atoms in total. The quantitative estimate of drug-likeness (QED) is 0.794. The number of aryl methyl sites for hydroxylation is 1. The van der Waals surface area contributed by atoms with E-state index in [0.29, 0.717) is 0 Å². The summed E-state index contributed by atoms with van der Waals surface area (Å²) in [5, 5.41) is 0. The summed E-state index contributed by atoms with van der Waals surface area (Å²) in [4.78, 5) is 11.6. The first-order valence-corrected chi connectivity index (χ1v) is 7.67. The lowest BCUT2D eigenvalue weighted by Gasteiger charge is -2.23. The third kappa shape index (κ3) is 3.30. The van der Waals surface area contributed by atoms with Gasteiger partial charge in [-0.3, -0.25) is 4.31 Å². The fraction of sp³-hybridized carbons (Fsp3) is 0.286. The minimum absolute atomic E-state index is 0.111. The molecule has 0 radical (unpaired) electrons. The fourth-order valence-electron chi connectivity index (χ4n) is 1.89. The second-order valence-electron chi connectivity index (χ2n) is 4.72. The number of ether oxygens (including phenoxy) is 1. The maximum Gasteiger partial charge on any atom is 0.344 e. The summed E-state index contributed by atoms with van der Waals surface area (Å²) < 4.78 is 33.4. The van der Waals surface area contributed by atoms with Gasteiger partial charge in [0.2, 0.25) is 0 Å². The highest BCUT2D eigenvalue weighted by molar-refractivity contribution is 7.88. The number of nitrogens with zero attached hydrogens (tertiary/aromatic N) is 2. The third-order valence-corrected chi connectivity index (χ3v) is 4.41. The lowest BCUT2D eigenvalue weighted by molar-refractivity contribution is -0.135. The van der Waals surface area contributed by atoms with Crippen molar-refractivity contribution in [2.75, 3.05) is 7.11 Å². The highest BCUT2D eigenvalue weighted by atomic mass is 32.2. The van der Waals surface area contributed by atoms with Crippen LogP contribution in [0.2, 0.25) is 0 Å². The van der Waals surface area contributed by atoms with E-state index in [1.807, 2.05) is 31.2 Å². The van der Waals surface area contributed by atoms with Gasteiger partial charge in [0, 0.05) is 6.20 Å². The van der Waals surface area contributed by atoms with E-state index in [1.165, 1.54) is 20.2 Å². The predicted molar refractivity (Wildman–Crippen MR) is 78.8 cm³/mol. The maximum atomic E-state index is 12.1. The van der Waals surface area contributed by atoms with Crippen molar-refractivity contribution in [3.8, 4) is 0 Å². The van der Waals surface area contributed by atoms with Crippen LogP contribution < -0.4 is 0 Å². The Hall–Kier alpha value is -2.15. The van der Waals surface area contributed by atoms with Gasteiger partial charge in [0.15, 0.2) is 0 Å². The van der Waals surface area contributed by atoms with E-state index in [4.69, 9.17) is 0 Å². The Morgan fingerprint density at radius 2 is 1.86 bits per heavy atom. The molecule has 0 spiro atoms. The van der Waals surface area contributed by atoms with Crippen molar-refractivity contribution in [3.05, 3.63) is 47.2 Å². The molecule has 1 aliphatic rings. The van der Waals surface area contributed by atoms with Gasteiger partial charge < -0.3 is 4.74 Å². The Morgan fingerprint density at radius 3 is 2.43 bits per heavy atom. The molecule has 0 amide bonds. The monoisotopic (exact) mass is 308 g/mol. The topological polar surface area (TPSA) is 76.0 Å². The first-order chi connectivity index (χ1) is 9.83. The Kier molecular flexibility index (Phi) is 4.13. The molecule has 1 aliphatic heterocycles. The molecule has 1 aromatic carbocycles. The molecular formula is C14H16N2O4S. The SMILES string of the molecule is COC(=O)C1=CN(Cc2ccc(C)cc2)S(=O)(=O)N=C1C. The first kappa shape index (κ1) is 15.2. The number of carbonyl (C=O) groups is 1. The molecule has 0 aliphatic carbocycles. The Bertz CT molecular complexity index is 718. The van der Waals surface area contributed by atoms with Gasteiger partial charge in [0.1, 0.15) is 0 Å². The molecule has 7 heteroatoms. The number of hydrogen-bond donors (Lipinski definition) is 0. The minimum atomic E-state index is -3.82. The predicted octanol–water partition coefficient (Wildman–Crippen LogP) is 1.57. The van der Waals surface area contributed by atoms with Crippen molar-refractivity contribution < 1.29 is 17.9 Å². The maximum absolute atomic E-state index is 12.1. The van der Waals surface area contributed by atoms with Crippen LogP contribution in [0.5, 0.6) is 0 Å². The smallest absolute Gasteiger partial charge is 0.344 e. The van der Waals surface area contributed by atoms with Gasteiger partial charge in [0.25, 0.3) is 0 Å². The lowest BCUT2D eigenvalue weighted by Crippen LogP contribution is -2.31. The Morgan fingerprint density at radius 1 is 1.24 bits per heavy atom. The zero-order chi connectivity index (χ0) is 15.6. The number of methoxy groups -OCH3 is 1. The van der Waals surface area contributed by atoms with Gasteiger partial charge in [-0.05, 0) is 19.4 Å². The van der Waals surface area contributed by atoms with Crippen molar-refractivity contribution in [1.82, 2.24) is 4.31 Å².